The Labute approximate surface area is 77.6 Å². The lowest BCUT2D eigenvalue weighted by molar-refractivity contribution is -0.155. The van der Waals surface area contributed by atoms with Gasteiger partial charge in [-0.15, -0.1) is 0 Å². The Balaban J connectivity index is 4.20. The van der Waals surface area contributed by atoms with Crippen molar-refractivity contribution in [2.24, 2.45) is 0 Å². The molecule has 0 atom stereocenters. The second-order valence-corrected chi connectivity index (χ2v) is 2.48. The number of hydrogen-bond donors (Lipinski definition) is 1. The maximum atomic E-state index is 11.7. The Morgan fingerprint density at radius 2 is 1.86 bits per heavy atom. The Hall–Kier alpha value is -1.53. The van der Waals surface area contributed by atoms with Gasteiger partial charge in [0.2, 0.25) is 5.91 Å². The van der Waals surface area contributed by atoms with E-state index in [9.17, 15) is 22.8 Å². The molecule has 1 N–H and O–H groups in total. The SMILES string of the molecule is CN(CC(F)(F)F)C(=O)/C=C/C(=O)O. The van der Waals surface area contributed by atoms with Crippen LogP contribution in [0.25, 0.3) is 0 Å². The first-order valence-electron chi connectivity index (χ1n) is 3.45. The molecule has 0 aromatic carbocycles. The third-order valence-electron chi connectivity index (χ3n) is 1.16. The summed E-state index contributed by atoms with van der Waals surface area (Å²) in [4.78, 5) is 21.1. The van der Waals surface area contributed by atoms with Crippen LogP contribution in [0.3, 0.4) is 0 Å². The summed E-state index contributed by atoms with van der Waals surface area (Å²) in [6, 6.07) is 0. The first-order chi connectivity index (χ1) is 6.22. The molecule has 0 heterocycles. The Morgan fingerprint density at radius 3 is 2.21 bits per heavy atom. The van der Waals surface area contributed by atoms with E-state index in [0.717, 1.165) is 7.05 Å². The van der Waals surface area contributed by atoms with Crippen LogP contribution in [-0.2, 0) is 9.59 Å². The zero-order chi connectivity index (χ0) is 11.4. The molecule has 0 aliphatic carbocycles. The maximum Gasteiger partial charge on any atom is 0.406 e. The normalized spacial score (nSPS) is 11.7. The fourth-order valence-electron chi connectivity index (χ4n) is 0.617. The number of aliphatic carboxylic acids is 1. The van der Waals surface area contributed by atoms with Gasteiger partial charge in [0.1, 0.15) is 6.54 Å². The van der Waals surface area contributed by atoms with Crippen LogP contribution in [0.1, 0.15) is 0 Å². The highest BCUT2D eigenvalue weighted by Crippen LogP contribution is 2.15. The second kappa shape index (κ2) is 4.64. The summed E-state index contributed by atoms with van der Waals surface area (Å²) in [7, 11) is 0.933. The van der Waals surface area contributed by atoms with Gasteiger partial charge >= 0.3 is 12.1 Å². The summed E-state index contributed by atoms with van der Waals surface area (Å²) < 4.78 is 35.2. The van der Waals surface area contributed by atoms with Crippen LogP contribution in [0.4, 0.5) is 13.2 Å². The van der Waals surface area contributed by atoms with E-state index in [0.29, 0.717) is 17.1 Å². The molecule has 0 spiro atoms. The van der Waals surface area contributed by atoms with Crippen LogP contribution in [-0.4, -0.2) is 41.7 Å². The average molecular weight is 211 g/mol. The van der Waals surface area contributed by atoms with Crippen molar-refractivity contribution in [2.45, 2.75) is 6.18 Å². The summed E-state index contributed by atoms with van der Waals surface area (Å²) in [5.74, 6) is -2.40. The van der Waals surface area contributed by atoms with Gasteiger partial charge in [-0.05, 0) is 0 Å². The monoisotopic (exact) mass is 211 g/mol. The van der Waals surface area contributed by atoms with Crippen LogP contribution in [0.5, 0.6) is 0 Å². The zero-order valence-electron chi connectivity index (χ0n) is 7.21. The van der Waals surface area contributed by atoms with Crippen molar-refractivity contribution in [1.29, 1.82) is 0 Å². The largest absolute Gasteiger partial charge is 0.478 e. The van der Waals surface area contributed by atoms with E-state index in [1.165, 1.54) is 0 Å². The van der Waals surface area contributed by atoms with Gasteiger partial charge in [-0.25, -0.2) is 4.79 Å². The van der Waals surface area contributed by atoms with Gasteiger partial charge < -0.3 is 10.0 Å². The highest BCUT2D eigenvalue weighted by molar-refractivity contribution is 5.93. The lowest BCUT2D eigenvalue weighted by atomic mass is 10.4. The van der Waals surface area contributed by atoms with Gasteiger partial charge in [-0.2, -0.15) is 13.2 Å². The molecule has 0 saturated carbocycles. The van der Waals surface area contributed by atoms with E-state index in [1.807, 2.05) is 0 Å². The van der Waals surface area contributed by atoms with Crippen LogP contribution in [0.15, 0.2) is 12.2 Å². The standard InChI is InChI=1S/C7H8F3NO3/c1-11(4-7(8,9)10)5(12)2-3-6(13)14/h2-3H,4H2,1H3,(H,13,14)/b3-2+. The minimum atomic E-state index is -4.48. The minimum absolute atomic E-state index is 0.374. The number of carbonyl (C=O) groups is 2. The third-order valence-corrected chi connectivity index (χ3v) is 1.16. The number of likely N-dealkylation sites (N-methyl/N-ethyl adjacent to an activating group) is 1. The predicted octanol–water partition coefficient (Wildman–Crippen LogP) is 0.648. The second-order valence-electron chi connectivity index (χ2n) is 2.48. The molecule has 0 aromatic rings. The number of carboxylic acids is 1. The molecule has 0 saturated heterocycles. The molecule has 0 unspecified atom stereocenters. The fraction of sp³-hybridized carbons (Fsp3) is 0.429. The van der Waals surface area contributed by atoms with Crippen molar-refractivity contribution in [2.75, 3.05) is 13.6 Å². The molecular weight excluding hydrogens is 203 g/mol. The van der Waals surface area contributed by atoms with Crippen molar-refractivity contribution >= 4 is 11.9 Å². The molecule has 80 valence electrons. The van der Waals surface area contributed by atoms with Gasteiger partial charge in [0, 0.05) is 19.2 Å². The van der Waals surface area contributed by atoms with Gasteiger partial charge in [0.15, 0.2) is 0 Å². The summed E-state index contributed by atoms with van der Waals surface area (Å²) in [6.07, 6.45) is -3.44. The smallest absolute Gasteiger partial charge is 0.406 e. The molecule has 0 radical (unpaired) electrons. The van der Waals surface area contributed by atoms with Crippen molar-refractivity contribution in [1.82, 2.24) is 4.90 Å². The highest BCUT2D eigenvalue weighted by Gasteiger charge is 2.30. The fourth-order valence-corrected chi connectivity index (χ4v) is 0.617. The number of alkyl halides is 3. The van der Waals surface area contributed by atoms with E-state index in [1.54, 1.807) is 0 Å². The Morgan fingerprint density at radius 1 is 1.36 bits per heavy atom. The van der Waals surface area contributed by atoms with Gasteiger partial charge in [-0.3, -0.25) is 4.79 Å². The van der Waals surface area contributed by atoms with Gasteiger partial charge in [-0.1, -0.05) is 0 Å². The zero-order valence-corrected chi connectivity index (χ0v) is 7.21. The quantitative estimate of drug-likeness (QED) is 0.697. The maximum absolute atomic E-state index is 11.7. The highest BCUT2D eigenvalue weighted by atomic mass is 19.4. The van der Waals surface area contributed by atoms with E-state index in [-0.39, 0.29) is 0 Å². The number of amides is 1. The van der Waals surface area contributed by atoms with Crippen LogP contribution in [0, 0.1) is 0 Å². The van der Waals surface area contributed by atoms with Crippen LogP contribution < -0.4 is 0 Å². The molecule has 0 aliphatic heterocycles. The van der Waals surface area contributed by atoms with E-state index >= 15 is 0 Å². The molecule has 7 heteroatoms. The molecule has 4 nitrogen and oxygen atoms in total. The topological polar surface area (TPSA) is 57.6 Å². The average Bonchev–Trinajstić information content (AvgIpc) is 1.96. The Bertz CT molecular complexity index is 259. The van der Waals surface area contributed by atoms with Crippen molar-refractivity contribution < 1.29 is 27.9 Å². The van der Waals surface area contributed by atoms with Crippen molar-refractivity contribution in [3.8, 4) is 0 Å². The Kier molecular flexibility index (Phi) is 4.13. The summed E-state index contributed by atoms with van der Waals surface area (Å²) >= 11 is 0. The van der Waals surface area contributed by atoms with Crippen molar-refractivity contribution in [3.63, 3.8) is 0 Å². The molecule has 0 aliphatic rings. The van der Waals surface area contributed by atoms with E-state index < -0.39 is 24.6 Å². The van der Waals surface area contributed by atoms with E-state index in [2.05, 4.69) is 0 Å². The molecule has 1 amide bonds. The number of rotatable bonds is 3. The first-order valence-corrected chi connectivity index (χ1v) is 3.45. The molecular formula is C7H8F3NO3. The summed E-state index contributed by atoms with van der Waals surface area (Å²) in [5, 5.41) is 8.10. The number of halogens is 3. The van der Waals surface area contributed by atoms with Gasteiger partial charge in [0.05, 0.1) is 0 Å². The molecule has 0 fully saturated rings. The first kappa shape index (κ1) is 12.5. The third kappa shape index (κ3) is 6.04. The minimum Gasteiger partial charge on any atom is -0.478 e. The molecule has 14 heavy (non-hydrogen) atoms. The van der Waals surface area contributed by atoms with Crippen molar-refractivity contribution in [3.05, 3.63) is 12.2 Å². The van der Waals surface area contributed by atoms with Crippen LogP contribution in [0.2, 0.25) is 0 Å². The molecule has 0 bridgehead atoms. The summed E-state index contributed by atoms with van der Waals surface area (Å²) in [6.45, 7) is -1.41. The number of carbonyl (C=O) groups excluding carboxylic acids is 1. The number of hydrogen-bond acceptors (Lipinski definition) is 2. The van der Waals surface area contributed by atoms with Crippen LogP contribution >= 0.6 is 0 Å². The predicted molar refractivity (Wildman–Crippen MR) is 40.5 cm³/mol. The molecule has 0 rings (SSSR count). The lowest BCUT2D eigenvalue weighted by Crippen LogP contribution is -2.34. The number of carboxylic acid groups (broad SMARTS) is 1. The number of nitrogens with zero attached hydrogens (tertiary/aromatic N) is 1. The van der Waals surface area contributed by atoms with Gasteiger partial charge in [0.25, 0.3) is 0 Å². The van der Waals surface area contributed by atoms with E-state index in [4.69, 9.17) is 5.11 Å². The molecule has 0 aromatic heterocycles. The summed E-state index contributed by atoms with van der Waals surface area (Å²) in [5.41, 5.74) is 0. The lowest BCUT2D eigenvalue weighted by Gasteiger charge is -2.16.